The Bertz CT molecular complexity index is 804. The number of hydrogen-bond donors (Lipinski definition) is 3. The van der Waals surface area contributed by atoms with Crippen LogP contribution < -0.4 is 5.32 Å². The largest absolute Gasteiger partial charge is 0.463 e. The fourth-order valence-electron chi connectivity index (χ4n) is 2.22. The monoisotopic (exact) mass is 328 g/mol. The summed E-state index contributed by atoms with van der Waals surface area (Å²) in [5.74, 6) is 2.00. The van der Waals surface area contributed by atoms with E-state index in [0.717, 1.165) is 12.2 Å². The SMILES string of the molecule is CC[C@H](C)c1n[nH]c([C@H](C)NC(=O)c2cc(-c3ccco3)[nH]n2)n1. The van der Waals surface area contributed by atoms with Gasteiger partial charge >= 0.3 is 0 Å². The molecule has 0 aliphatic rings. The number of carbonyl (C=O) groups excluding carboxylic acids is 1. The van der Waals surface area contributed by atoms with Crippen molar-refractivity contribution in [3.05, 3.63) is 41.8 Å². The molecule has 3 heterocycles. The Labute approximate surface area is 139 Å². The van der Waals surface area contributed by atoms with Gasteiger partial charge in [-0.25, -0.2) is 4.98 Å². The maximum absolute atomic E-state index is 12.3. The van der Waals surface area contributed by atoms with E-state index >= 15 is 0 Å². The Kier molecular flexibility index (Phi) is 4.45. The van der Waals surface area contributed by atoms with E-state index in [9.17, 15) is 4.79 Å². The summed E-state index contributed by atoms with van der Waals surface area (Å²) in [5, 5.41) is 16.8. The van der Waals surface area contributed by atoms with Gasteiger partial charge in [0.2, 0.25) is 0 Å². The van der Waals surface area contributed by atoms with Gasteiger partial charge in [-0.1, -0.05) is 13.8 Å². The van der Waals surface area contributed by atoms with Crippen LogP contribution in [0.5, 0.6) is 0 Å². The van der Waals surface area contributed by atoms with Crippen molar-refractivity contribution < 1.29 is 9.21 Å². The first-order chi connectivity index (χ1) is 11.6. The smallest absolute Gasteiger partial charge is 0.272 e. The molecule has 0 aliphatic heterocycles. The van der Waals surface area contributed by atoms with Crippen LogP contribution in [0.3, 0.4) is 0 Å². The molecule has 0 spiro atoms. The normalized spacial score (nSPS) is 13.6. The number of aromatic nitrogens is 5. The molecule has 3 rings (SSSR count). The van der Waals surface area contributed by atoms with Crippen LogP contribution in [-0.2, 0) is 0 Å². The van der Waals surface area contributed by atoms with Gasteiger partial charge in [-0.2, -0.15) is 10.2 Å². The van der Waals surface area contributed by atoms with Crippen LogP contribution in [0.1, 0.15) is 61.3 Å². The number of H-pyrrole nitrogens is 2. The molecule has 8 heteroatoms. The van der Waals surface area contributed by atoms with E-state index in [1.807, 2.05) is 6.92 Å². The molecule has 126 valence electrons. The molecule has 2 atom stereocenters. The summed E-state index contributed by atoms with van der Waals surface area (Å²) in [4.78, 5) is 16.8. The summed E-state index contributed by atoms with van der Waals surface area (Å²) in [6, 6.07) is 4.91. The van der Waals surface area contributed by atoms with Crippen LogP contribution >= 0.6 is 0 Å². The molecule has 0 aromatic carbocycles. The van der Waals surface area contributed by atoms with Gasteiger partial charge in [-0.3, -0.25) is 15.0 Å². The van der Waals surface area contributed by atoms with Gasteiger partial charge in [-0.05, 0) is 25.5 Å². The molecule has 0 unspecified atom stereocenters. The van der Waals surface area contributed by atoms with Crippen molar-refractivity contribution in [1.82, 2.24) is 30.7 Å². The van der Waals surface area contributed by atoms with Gasteiger partial charge in [0.1, 0.15) is 11.5 Å². The number of amides is 1. The second-order valence-corrected chi connectivity index (χ2v) is 5.73. The van der Waals surface area contributed by atoms with Crippen molar-refractivity contribution in [3.8, 4) is 11.5 Å². The van der Waals surface area contributed by atoms with Crippen molar-refractivity contribution in [2.45, 2.75) is 39.2 Å². The molecular formula is C16H20N6O2. The second-order valence-electron chi connectivity index (χ2n) is 5.73. The van der Waals surface area contributed by atoms with Crippen LogP contribution in [0.25, 0.3) is 11.5 Å². The summed E-state index contributed by atoms with van der Waals surface area (Å²) in [5.41, 5.74) is 0.937. The van der Waals surface area contributed by atoms with E-state index in [1.165, 1.54) is 0 Å². The van der Waals surface area contributed by atoms with Gasteiger partial charge in [-0.15, -0.1) is 0 Å². The molecular weight excluding hydrogens is 308 g/mol. The summed E-state index contributed by atoms with van der Waals surface area (Å²) < 4.78 is 5.27. The van der Waals surface area contributed by atoms with Gasteiger partial charge < -0.3 is 9.73 Å². The van der Waals surface area contributed by atoms with Crippen molar-refractivity contribution >= 4 is 5.91 Å². The minimum atomic E-state index is -0.299. The van der Waals surface area contributed by atoms with E-state index < -0.39 is 0 Å². The molecule has 3 N–H and O–H groups in total. The number of hydrogen-bond acceptors (Lipinski definition) is 5. The minimum Gasteiger partial charge on any atom is -0.463 e. The van der Waals surface area contributed by atoms with Crippen molar-refractivity contribution in [3.63, 3.8) is 0 Å². The molecule has 3 aromatic rings. The number of carbonyl (C=O) groups is 1. The summed E-state index contributed by atoms with van der Waals surface area (Å²) in [6.07, 6.45) is 2.53. The van der Waals surface area contributed by atoms with Crippen LogP contribution in [0, 0.1) is 0 Å². The van der Waals surface area contributed by atoms with E-state index in [4.69, 9.17) is 4.42 Å². The zero-order valence-electron chi connectivity index (χ0n) is 13.8. The molecule has 24 heavy (non-hydrogen) atoms. The number of nitrogens with one attached hydrogen (secondary N) is 3. The maximum atomic E-state index is 12.3. The number of furan rings is 1. The number of nitrogens with zero attached hydrogens (tertiary/aromatic N) is 3. The van der Waals surface area contributed by atoms with Crippen molar-refractivity contribution in [2.75, 3.05) is 0 Å². The molecule has 0 saturated heterocycles. The van der Waals surface area contributed by atoms with Gasteiger partial charge in [0.15, 0.2) is 17.3 Å². The molecule has 0 radical (unpaired) electrons. The highest BCUT2D eigenvalue weighted by Crippen LogP contribution is 2.19. The standard InChI is InChI=1S/C16H20N6O2/c1-4-9(2)14-18-15(22-21-14)10(3)17-16(23)12-8-11(19-20-12)13-6-5-7-24-13/h5-10H,4H2,1-3H3,(H,17,23)(H,19,20)(H,18,21,22)/t9-,10-/m0/s1. The maximum Gasteiger partial charge on any atom is 0.272 e. The van der Waals surface area contributed by atoms with Crippen molar-refractivity contribution in [1.29, 1.82) is 0 Å². The average molecular weight is 328 g/mol. The first kappa shape index (κ1) is 16.0. The number of rotatable bonds is 6. The topological polar surface area (TPSA) is 112 Å². The van der Waals surface area contributed by atoms with E-state index in [1.54, 1.807) is 24.5 Å². The highest BCUT2D eigenvalue weighted by atomic mass is 16.3. The molecule has 0 saturated carbocycles. The lowest BCUT2D eigenvalue weighted by Crippen LogP contribution is -2.27. The van der Waals surface area contributed by atoms with Gasteiger partial charge in [0.25, 0.3) is 5.91 Å². The predicted octanol–water partition coefficient (Wildman–Crippen LogP) is 2.79. The zero-order chi connectivity index (χ0) is 17.1. The highest BCUT2D eigenvalue weighted by Gasteiger charge is 2.19. The van der Waals surface area contributed by atoms with E-state index in [-0.39, 0.29) is 23.6 Å². The third-order valence-electron chi connectivity index (χ3n) is 3.93. The Morgan fingerprint density at radius 3 is 2.88 bits per heavy atom. The molecule has 0 aliphatic carbocycles. The fraction of sp³-hybridized carbons (Fsp3) is 0.375. The second kappa shape index (κ2) is 6.69. The summed E-state index contributed by atoms with van der Waals surface area (Å²) in [6.45, 7) is 6.00. The first-order valence-corrected chi connectivity index (χ1v) is 7.90. The van der Waals surface area contributed by atoms with E-state index in [2.05, 4.69) is 44.5 Å². The zero-order valence-corrected chi connectivity index (χ0v) is 13.8. The lowest BCUT2D eigenvalue weighted by Gasteiger charge is -2.09. The van der Waals surface area contributed by atoms with Gasteiger partial charge in [0, 0.05) is 12.0 Å². The third kappa shape index (κ3) is 3.22. The quantitative estimate of drug-likeness (QED) is 0.644. The molecule has 0 fully saturated rings. The van der Waals surface area contributed by atoms with Crippen LogP contribution in [-0.4, -0.2) is 31.3 Å². The average Bonchev–Trinajstić information content (AvgIpc) is 3.34. The summed E-state index contributed by atoms with van der Waals surface area (Å²) in [7, 11) is 0. The Balaban J connectivity index is 1.67. The molecule has 8 nitrogen and oxygen atoms in total. The molecule has 0 bridgehead atoms. The molecule has 1 amide bonds. The lowest BCUT2D eigenvalue weighted by atomic mass is 10.1. The Morgan fingerprint density at radius 2 is 2.17 bits per heavy atom. The van der Waals surface area contributed by atoms with Crippen LogP contribution in [0.2, 0.25) is 0 Å². The summed E-state index contributed by atoms with van der Waals surface area (Å²) >= 11 is 0. The Morgan fingerprint density at radius 1 is 1.33 bits per heavy atom. The molecule has 3 aromatic heterocycles. The highest BCUT2D eigenvalue weighted by molar-refractivity contribution is 5.93. The van der Waals surface area contributed by atoms with E-state index in [0.29, 0.717) is 17.3 Å². The first-order valence-electron chi connectivity index (χ1n) is 7.90. The fourth-order valence-corrected chi connectivity index (χ4v) is 2.22. The van der Waals surface area contributed by atoms with Crippen molar-refractivity contribution in [2.24, 2.45) is 0 Å². The predicted molar refractivity (Wildman–Crippen MR) is 87.3 cm³/mol. The number of aromatic amines is 2. The Hall–Kier alpha value is -2.90. The van der Waals surface area contributed by atoms with Crippen LogP contribution in [0.4, 0.5) is 0 Å². The van der Waals surface area contributed by atoms with Crippen LogP contribution in [0.15, 0.2) is 28.9 Å². The lowest BCUT2D eigenvalue weighted by molar-refractivity contribution is 0.0933. The minimum absolute atomic E-state index is 0.278. The third-order valence-corrected chi connectivity index (χ3v) is 3.93. The van der Waals surface area contributed by atoms with Gasteiger partial charge in [0.05, 0.1) is 12.3 Å².